The molecule has 0 rings (SSSR count). The van der Waals surface area contributed by atoms with Crippen LogP contribution in [0.2, 0.25) is 0 Å². The Morgan fingerprint density at radius 1 is 1.55 bits per heavy atom. The Balaban J connectivity index is 3.35. The van der Waals surface area contributed by atoms with Gasteiger partial charge in [0.05, 0.1) is 0 Å². The van der Waals surface area contributed by atoms with Gasteiger partial charge in [0.25, 0.3) is 0 Å². The van der Waals surface area contributed by atoms with Crippen molar-refractivity contribution in [1.29, 1.82) is 0 Å². The zero-order valence-corrected chi connectivity index (χ0v) is 7.42. The molecule has 0 spiro atoms. The summed E-state index contributed by atoms with van der Waals surface area (Å²) in [6, 6.07) is 0. The molecule has 0 aromatic carbocycles. The van der Waals surface area contributed by atoms with Crippen molar-refractivity contribution in [2.24, 2.45) is 0 Å². The molecule has 1 atom stereocenters. The van der Waals surface area contributed by atoms with E-state index in [0.717, 1.165) is 6.42 Å². The molecule has 0 aliphatic heterocycles. The molecule has 11 heavy (non-hydrogen) atoms. The Hall–Kier alpha value is -0.570. The predicted molar refractivity (Wildman–Crippen MR) is 42.3 cm³/mol. The molecule has 0 aromatic heterocycles. The van der Waals surface area contributed by atoms with E-state index in [1.54, 1.807) is 14.0 Å². The summed E-state index contributed by atoms with van der Waals surface area (Å²) in [5, 5.41) is 0. The zero-order valence-electron chi connectivity index (χ0n) is 7.42. The van der Waals surface area contributed by atoms with Gasteiger partial charge in [0.15, 0.2) is 0 Å². The number of ether oxygens (including phenoxy) is 2. The van der Waals surface area contributed by atoms with Crippen LogP contribution in [0.4, 0.5) is 0 Å². The molecule has 0 aromatic rings. The van der Waals surface area contributed by atoms with Crippen LogP contribution in [0.15, 0.2) is 0 Å². The average Bonchev–Trinajstić information content (AvgIpc) is 2.00. The molecule has 1 unspecified atom stereocenters. The zero-order chi connectivity index (χ0) is 8.69. The molecule has 0 radical (unpaired) electrons. The van der Waals surface area contributed by atoms with Gasteiger partial charge in [-0.3, -0.25) is 4.79 Å². The smallest absolute Gasteiger partial charge is 0.305 e. The van der Waals surface area contributed by atoms with Crippen molar-refractivity contribution in [2.45, 2.75) is 32.8 Å². The van der Waals surface area contributed by atoms with E-state index in [-0.39, 0.29) is 12.1 Å². The van der Waals surface area contributed by atoms with E-state index in [1.807, 2.05) is 6.92 Å². The molecule has 0 aliphatic rings. The largest absolute Gasteiger partial charge is 0.463 e. The Labute approximate surface area is 67.7 Å². The summed E-state index contributed by atoms with van der Waals surface area (Å²) in [5.41, 5.74) is 0. The van der Waals surface area contributed by atoms with Crippen molar-refractivity contribution in [3.8, 4) is 0 Å². The summed E-state index contributed by atoms with van der Waals surface area (Å²) >= 11 is 0. The number of carbonyl (C=O) groups is 1. The van der Waals surface area contributed by atoms with Gasteiger partial charge >= 0.3 is 5.97 Å². The molecular formula is C8H16O3. The van der Waals surface area contributed by atoms with Gasteiger partial charge in [-0.25, -0.2) is 0 Å². The Morgan fingerprint density at radius 3 is 2.64 bits per heavy atom. The first kappa shape index (κ1) is 10.4. The van der Waals surface area contributed by atoms with Crippen LogP contribution in [0.5, 0.6) is 0 Å². The van der Waals surface area contributed by atoms with Crippen LogP contribution in [0, 0.1) is 0 Å². The van der Waals surface area contributed by atoms with Gasteiger partial charge in [0, 0.05) is 26.6 Å². The molecule has 3 heteroatoms. The molecule has 0 fully saturated rings. The number of esters is 1. The third-order valence-electron chi connectivity index (χ3n) is 1.35. The van der Waals surface area contributed by atoms with Gasteiger partial charge < -0.3 is 9.47 Å². The molecule has 0 amide bonds. The molecule has 0 aliphatic carbocycles. The maximum Gasteiger partial charge on any atom is 0.305 e. The van der Waals surface area contributed by atoms with E-state index < -0.39 is 0 Å². The molecular weight excluding hydrogens is 144 g/mol. The van der Waals surface area contributed by atoms with Crippen molar-refractivity contribution < 1.29 is 14.3 Å². The number of hydrogen-bond donors (Lipinski definition) is 0. The molecule has 0 saturated heterocycles. The third-order valence-corrected chi connectivity index (χ3v) is 1.35. The lowest BCUT2D eigenvalue weighted by Crippen LogP contribution is -2.15. The van der Waals surface area contributed by atoms with Crippen molar-refractivity contribution in [3.05, 3.63) is 0 Å². The highest BCUT2D eigenvalue weighted by Gasteiger charge is 2.05. The second kappa shape index (κ2) is 6.16. The monoisotopic (exact) mass is 160 g/mol. The van der Waals surface area contributed by atoms with Gasteiger partial charge in [-0.1, -0.05) is 6.92 Å². The van der Waals surface area contributed by atoms with E-state index in [9.17, 15) is 4.79 Å². The first-order valence-corrected chi connectivity index (χ1v) is 3.89. The van der Waals surface area contributed by atoms with E-state index in [1.165, 1.54) is 0 Å². The summed E-state index contributed by atoms with van der Waals surface area (Å²) in [7, 11) is 1.63. The molecule has 0 N–H and O–H groups in total. The minimum absolute atomic E-state index is 0.0256. The summed E-state index contributed by atoms with van der Waals surface area (Å²) in [6.45, 7) is 4.29. The number of hydrogen-bond acceptors (Lipinski definition) is 3. The van der Waals surface area contributed by atoms with Gasteiger partial charge in [-0.05, 0) is 6.92 Å². The first-order chi connectivity index (χ1) is 5.20. The maximum atomic E-state index is 10.7. The first-order valence-electron chi connectivity index (χ1n) is 3.89. The summed E-state index contributed by atoms with van der Waals surface area (Å²) in [4.78, 5) is 10.7. The second-order valence-corrected chi connectivity index (χ2v) is 2.44. The average molecular weight is 160 g/mol. The van der Waals surface area contributed by atoms with Crippen molar-refractivity contribution in [1.82, 2.24) is 0 Å². The number of carbonyl (C=O) groups excluding carboxylic acids is 1. The molecule has 66 valence electrons. The Kier molecular flexibility index (Phi) is 5.84. The number of methoxy groups -OCH3 is 1. The van der Waals surface area contributed by atoms with Gasteiger partial charge in [0.1, 0.15) is 6.10 Å². The maximum absolute atomic E-state index is 10.7. The highest BCUT2D eigenvalue weighted by Crippen LogP contribution is 1.99. The Bertz CT molecular complexity index is 112. The van der Waals surface area contributed by atoms with Gasteiger partial charge in [0.2, 0.25) is 0 Å². The van der Waals surface area contributed by atoms with E-state index in [4.69, 9.17) is 9.47 Å². The fourth-order valence-corrected chi connectivity index (χ4v) is 0.650. The molecule has 0 heterocycles. The SMILES string of the molecule is CCC(=O)OC(C)CCOC. The number of rotatable bonds is 5. The van der Waals surface area contributed by atoms with Crippen molar-refractivity contribution in [2.75, 3.05) is 13.7 Å². The fraction of sp³-hybridized carbons (Fsp3) is 0.875. The molecule has 3 nitrogen and oxygen atoms in total. The second-order valence-electron chi connectivity index (χ2n) is 2.44. The van der Waals surface area contributed by atoms with Crippen molar-refractivity contribution in [3.63, 3.8) is 0 Å². The highest BCUT2D eigenvalue weighted by molar-refractivity contribution is 5.69. The van der Waals surface area contributed by atoms with Crippen LogP contribution in [-0.4, -0.2) is 25.8 Å². The van der Waals surface area contributed by atoms with E-state index in [0.29, 0.717) is 13.0 Å². The summed E-state index contributed by atoms with van der Waals surface area (Å²) in [5.74, 6) is -0.145. The van der Waals surface area contributed by atoms with Gasteiger partial charge in [-0.2, -0.15) is 0 Å². The third kappa shape index (κ3) is 5.85. The minimum Gasteiger partial charge on any atom is -0.463 e. The molecule has 0 bridgehead atoms. The quantitative estimate of drug-likeness (QED) is 0.570. The van der Waals surface area contributed by atoms with Crippen LogP contribution in [0.1, 0.15) is 26.7 Å². The Morgan fingerprint density at radius 2 is 2.18 bits per heavy atom. The van der Waals surface area contributed by atoms with E-state index in [2.05, 4.69) is 0 Å². The lowest BCUT2D eigenvalue weighted by molar-refractivity contribution is -0.148. The van der Waals surface area contributed by atoms with Gasteiger partial charge in [-0.15, -0.1) is 0 Å². The fourth-order valence-electron chi connectivity index (χ4n) is 0.650. The van der Waals surface area contributed by atoms with E-state index >= 15 is 0 Å². The van der Waals surface area contributed by atoms with Crippen LogP contribution in [0.25, 0.3) is 0 Å². The standard InChI is InChI=1S/C8H16O3/c1-4-8(9)11-7(2)5-6-10-3/h7H,4-6H2,1-3H3. The normalized spacial score (nSPS) is 12.6. The van der Waals surface area contributed by atoms with Crippen molar-refractivity contribution >= 4 is 5.97 Å². The highest BCUT2D eigenvalue weighted by atomic mass is 16.5. The van der Waals surface area contributed by atoms with Crippen LogP contribution < -0.4 is 0 Å². The topological polar surface area (TPSA) is 35.5 Å². The minimum atomic E-state index is -0.145. The van der Waals surface area contributed by atoms with Crippen LogP contribution in [-0.2, 0) is 14.3 Å². The lowest BCUT2D eigenvalue weighted by Gasteiger charge is -2.11. The lowest BCUT2D eigenvalue weighted by atomic mass is 10.3. The molecule has 0 saturated carbocycles. The summed E-state index contributed by atoms with van der Waals surface area (Å²) < 4.78 is 9.82. The summed E-state index contributed by atoms with van der Waals surface area (Å²) in [6.07, 6.45) is 1.18. The van der Waals surface area contributed by atoms with Crippen LogP contribution in [0.3, 0.4) is 0 Å². The predicted octanol–water partition coefficient (Wildman–Crippen LogP) is 1.36. The van der Waals surface area contributed by atoms with Crippen LogP contribution >= 0.6 is 0 Å².